The molecule has 0 aliphatic heterocycles. The van der Waals surface area contributed by atoms with Crippen LogP contribution in [-0.4, -0.2) is 27.8 Å². The zero-order chi connectivity index (χ0) is 21.8. The van der Waals surface area contributed by atoms with Gasteiger partial charge in [-0.25, -0.2) is 9.37 Å². The van der Waals surface area contributed by atoms with Crippen LogP contribution in [0.3, 0.4) is 0 Å². The van der Waals surface area contributed by atoms with Crippen molar-refractivity contribution in [3.63, 3.8) is 0 Å². The number of fused-ring (bicyclic) bond motifs is 1. The number of amides is 2. The third-order valence-corrected chi connectivity index (χ3v) is 4.47. The quantitative estimate of drug-likeness (QED) is 0.451. The lowest BCUT2D eigenvalue weighted by Gasteiger charge is -2.19. The molecule has 1 atom stereocenters. The number of pyridine rings is 2. The van der Waals surface area contributed by atoms with Gasteiger partial charge in [0.1, 0.15) is 11.9 Å². The second kappa shape index (κ2) is 8.73. The fraction of sp³-hybridized carbons (Fsp3) is 0.238. The van der Waals surface area contributed by atoms with Gasteiger partial charge < -0.3 is 22.1 Å². The molecular weight excluding hydrogens is 387 g/mol. The topological polar surface area (TPSA) is 136 Å². The summed E-state index contributed by atoms with van der Waals surface area (Å²) in [5.41, 5.74) is 12.0. The van der Waals surface area contributed by atoms with Crippen LogP contribution in [0.5, 0.6) is 0 Å². The Morgan fingerprint density at radius 3 is 2.57 bits per heavy atom. The maximum atomic E-state index is 14.6. The van der Waals surface area contributed by atoms with Gasteiger partial charge in [-0.1, -0.05) is 26.0 Å². The van der Waals surface area contributed by atoms with Crippen molar-refractivity contribution in [3.05, 3.63) is 54.0 Å². The molecule has 0 saturated heterocycles. The molecule has 9 heteroatoms. The highest BCUT2D eigenvalue weighted by atomic mass is 19.1. The van der Waals surface area contributed by atoms with Crippen molar-refractivity contribution in [3.8, 4) is 0 Å². The average molecular weight is 410 g/mol. The molecule has 30 heavy (non-hydrogen) atoms. The van der Waals surface area contributed by atoms with E-state index in [2.05, 4.69) is 20.6 Å². The molecule has 8 nitrogen and oxygen atoms in total. The van der Waals surface area contributed by atoms with Crippen LogP contribution in [0, 0.1) is 11.7 Å². The first-order valence-corrected chi connectivity index (χ1v) is 9.42. The van der Waals surface area contributed by atoms with E-state index in [1.165, 1.54) is 0 Å². The van der Waals surface area contributed by atoms with E-state index in [0.717, 1.165) is 17.0 Å². The Morgan fingerprint density at radius 2 is 1.90 bits per heavy atom. The largest absolute Gasteiger partial charge is 0.368 e. The summed E-state index contributed by atoms with van der Waals surface area (Å²) in [7, 11) is 0. The molecule has 0 aliphatic carbocycles. The number of hydrogen-bond donors (Lipinski definition) is 4. The van der Waals surface area contributed by atoms with Crippen LogP contribution in [0.4, 0.5) is 21.7 Å². The van der Waals surface area contributed by atoms with Crippen molar-refractivity contribution in [1.29, 1.82) is 0 Å². The number of nitrogens with zero attached hydrogens (tertiary/aromatic N) is 2. The van der Waals surface area contributed by atoms with Gasteiger partial charge in [0.05, 0.1) is 11.1 Å². The van der Waals surface area contributed by atoms with Crippen molar-refractivity contribution in [2.75, 3.05) is 10.6 Å². The van der Waals surface area contributed by atoms with Gasteiger partial charge in [-0.05, 0) is 36.6 Å². The van der Waals surface area contributed by atoms with Gasteiger partial charge in [0, 0.05) is 17.3 Å². The fourth-order valence-electron chi connectivity index (χ4n) is 3.04. The Bertz CT molecular complexity index is 1100. The van der Waals surface area contributed by atoms with E-state index in [-0.39, 0.29) is 23.1 Å². The summed E-state index contributed by atoms with van der Waals surface area (Å²) in [5.74, 6) is -2.29. The van der Waals surface area contributed by atoms with Gasteiger partial charge in [0.25, 0.3) is 5.91 Å². The van der Waals surface area contributed by atoms with Crippen LogP contribution in [0.1, 0.15) is 30.6 Å². The van der Waals surface area contributed by atoms with Gasteiger partial charge >= 0.3 is 0 Å². The third kappa shape index (κ3) is 4.80. The van der Waals surface area contributed by atoms with Gasteiger partial charge in [0.15, 0.2) is 11.6 Å². The second-order valence-corrected chi connectivity index (χ2v) is 7.34. The number of nitrogens with one attached hydrogen (secondary N) is 2. The lowest BCUT2D eigenvalue weighted by molar-refractivity contribution is -0.119. The number of nitrogens with two attached hydrogens (primary N) is 2. The third-order valence-electron chi connectivity index (χ3n) is 4.47. The molecule has 2 amide bonds. The fourth-order valence-corrected chi connectivity index (χ4v) is 3.04. The Balaban J connectivity index is 1.98. The van der Waals surface area contributed by atoms with Crippen LogP contribution < -0.4 is 22.1 Å². The van der Waals surface area contributed by atoms with E-state index < -0.39 is 23.7 Å². The number of rotatable bonds is 8. The van der Waals surface area contributed by atoms with E-state index in [1.807, 2.05) is 32.0 Å². The zero-order valence-electron chi connectivity index (χ0n) is 16.6. The first-order chi connectivity index (χ1) is 14.2. The number of hydrogen-bond acceptors (Lipinski definition) is 6. The number of anilines is 3. The summed E-state index contributed by atoms with van der Waals surface area (Å²) < 4.78 is 14.6. The highest BCUT2D eigenvalue weighted by Gasteiger charge is 2.22. The van der Waals surface area contributed by atoms with E-state index in [4.69, 9.17) is 11.5 Å². The molecule has 0 spiro atoms. The normalized spacial score (nSPS) is 12.0. The minimum Gasteiger partial charge on any atom is -0.368 e. The number of benzene rings is 1. The zero-order valence-corrected chi connectivity index (χ0v) is 16.6. The molecule has 2 aromatic heterocycles. The minimum absolute atomic E-state index is 0.0504. The lowest BCUT2D eigenvalue weighted by atomic mass is 10.0. The number of halogens is 1. The molecule has 3 aromatic rings. The standard InChI is InChI=1S/C21H23FN6O2/c1-11(2)8-17(19(24)30)27-21-15(22)10-14(18(23)29)20(28-21)26-13-6-5-12-4-3-7-25-16(12)9-13/h3-7,9-11,17H,8H2,1-2H3,(H2,23,29)(H2,24,30)(H2,26,27,28)/t17-/m1/s1. The van der Waals surface area contributed by atoms with Crippen molar-refractivity contribution in [2.24, 2.45) is 17.4 Å². The molecule has 2 heterocycles. The molecule has 156 valence electrons. The first kappa shape index (κ1) is 21.0. The Hall–Kier alpha value is -3.75. The molecule has 0 fully saturated rings. The van der Waals surface area contributed by atoms with Crippen LogP contribution in [0.15, 0.2) is 42.6 Å². The minimum atomic E-state index is -0.844. The SMILES string of the molecule is CC(C)C[C@@H](Nc1nc(Nc2ccc3cccnc3c2)c(C(N)=O)cc1F)C(N)=O. The second-order valence-electron chi connectivity index (χ2n) is 7.34. The van der Waals surface area contributed by atoms with E-state index in [0.29, 0.717) is 12.1 Å². The lowest BCUT2D eigenvalue weighted by Crippen LogP contribution is -2.37. The highest BCUT2D eigenvalue weighted by Crippen LogP contribution is 2.26. The van der Waals surface area contributed by atoms with Crippen LogP contribution in [-0.2, 0) is 4.79 Å². The molecule has 0 radical (unpaired) electrons. The molecule has 3 rings (SSSR count). The van der Waals surface area contributed by atoms with Crippen LogP contribution >= 0.6 is 0 Å². The maximum Gasteiger partial charge on any atom is 0.252 e. The average Bonchev–Trinajstić information content (AvgIpc) is 2.69. The van der Waals surface area contributed by atoms with Gasteiger partial charge in [0.2, 0.25) is 5.91 Å². The number of primary amides is 2. The smallest absolute Gasteiger partial charge is 0.252 e. The summed E-state index contributed by atoms with van der Waals surface area (Å²) in [4.78, 5) is 32.0. The summed E-state index contributed by atoms with van der Waals surface area (Å²) in [6, 6.07) is 9.30. The Kier molecular flexibility index (Phi) is 6.10. The van der Waals surface area contributed by atoms with Gasteiger partial charge in [-0.3, -0.25) is 14.6 Å². The Labute approximate surface area is 172 Å². The highest BCUT2D eigenvalue weighted by molar-refractivity contribution is 5.99. The van der Waals surface area contributed by atoms with Crippen LogP contribution in [0.25, 0.3) is 10.9 Å². The molecule has 0 bridgehead atoms. The number of carbonyl (C=O) groups excluding carboxylic acids is 2. The maximum absolute atomic E-state index is 14.6. The summed E-state index contributed by atoms with van der Waals surface area (Å²) in [6.45, 7) is 3.83. The molecule has 6 N–H and O–H groups in total. The molecule has 0 unspecified atom stereocenters. The summed E-state index contributed by atoms with van der Waals surface area (Å²) in [5, 5.41) is 6.65. The van der Waals surface area contributed by atoms with E-state index in [1.54, 1.807) is 18.3 Å². The van der Waals surface area contributed by atoms with Gasteiger partial charge in [-0.15, -0.1) is 0 Å². The summed E-state index contributed by atoms with van der Waals surface area (Å²) >= 11 is 0. The van der Waals surface area contributed by atoms with Gasteiger partial charge in [-0.2, -0.15) is 0 Å². The van der Waals surface area contributed by atoms with Crippen molar-refractivity contribution >= 4 is 40.0 Å². The molecule has 0 aliphatic rings. The monoisotopic (exact) mass is 410 g/mol. The van der Waals surface area contributed by atoms with Crippen molar-refractivity contribution in [2.45, 2.75) is 26.3 Å². The van der Waals surface area contributed by atoms with E-state index >= 15 is 0 Å². The summed E-state index contributed by atoms with van der Waals surface area (Å²) in [6.07, 6.45) is 2.06. The molecule has 0 saturated carbocycles. The first-order valence-electron chi connectivity index (χ1n) is 9.42. The van der Waals surface area contributed by atoms with Crippen LogP contribution in [0.2, 0.25) is 0 Å². The Morgan fingerprint density at radius 1 is 1.13 bits per heavy atom. The molecule has 1 aromatic carbocycles. The van der Waals surface area contributed by atoms with E-state index in [9.17, 15) is 14.0 Å². The predicted octanol–water partition coefficient (Wildman–Crippen LogP) is 2.92. The van der Waals surface area contributed by atoms with Crippen molar-refractivity contribution in [1.82, 2.24) is 9.97 Å². The number of aromatic nitrogens is 2. The predicted molar refractivity (Wildman–Crippen MR) is 114 cm³/mol. The molecular formula is C21H23FN6O2. The van der Waals surface area contributed by atoms with Crippen molar-refractivity contribution < 1.29 is 14.0 Å². The number of carbonyl (C=O) groups is 2.